The van der Waals surface area contributed by atoms with E-state index in [4.69, 9.17) is 4.74 Å². The van der Waals surface area contributed by atoms with Gasteiger partial charge in [-0.15, -0.1) is 0 Å². The Hall–Kier alpha value is -1.51. The Balaban J connectivity index is 2.05. The summed E-state index contributed by atoms with van der Waals surface area (Å²) in [4.78, 5) is 11.6. The molecule has 142 valence electrons. The maximum atomic E-state index is 11.6. The molecule has 0 aromatic heterocycles. The van der Waals surface area contributed by atoms with E-state index in [1.165, 1.54) is 57.8 Å². The molecule has 1 aromatic carbocycles. The molecule has 1 amide bonds. The summed E-state index contributed by atoms with van der Waals surface area (Å²) in [6.07, 6.45) is 14.7. The van der Waals surface area contributed by atoms with E-state index in [9.17, 15) is 4.79 Å². The van der Waals surface area contributed by atoms with Gasteiger partial charge >= 0.3 is 0 Å². The number of nitrogens with one attached hydrogen (secondary N) is 1. The highest BCUT2D eigenvalue weighted by atomic mass is 16.5. The highest BCUT2D eigenvalue weighted by molar-refractivity contribution is 5.90. The van der Waals surface area contributed by atoms with Crippen LogP contribution in [0.5, 0.6) is 5.75 Å². The minimum atomic E-state index is 0.0642. The van der Waals surface area contributed by atoms with Crippen molar-refractivity contribution in [2.45, 2.75) is 90.9 Å². The molecule has 0 bridgehead atoms. The zero-order valence-electron chi connectivity index (χ0n) is 16.3. The third kappa shape index (κ3) is 11.6. The lowest BCUT2D eigenvalue weighted by molar-refractivity contribution is -0.116. The van der Waals surface area contributed by atoms with Crippen LogP contribution in [-0.4, -0.2) is 12.5 Å². The number of anilines is 1. The topological polar surface area (TPSA) is 38.3 Å². The van der Waals surface area contributed by atoms with Gasteiger partial charge in [0.15, 0.2) is 0 Å². The predicted octanol–water partition coefficient (Wildman–Crippen LogP) is 6.72. The Kier molecular flexibility index (Phi) is 12.7. The molecule has 0 radical (unpaired) electrons. The van der Waals surface area contributed by atoms with Gasteiger partial charge in [-0.1, -0.05) is 77.7 Å². The first-order valence-electron chi connectivity index (χ1n) is 10.3. The van der Waals surface area contributed by atoms with E-state index in [0.717, 1.165) is 30.9 Å². The highest BCUT2D eigenvalue weighted by Gasteiger charge is 2.02. The lowest BCUT2D eigenvalue weighted by Gasteiger charge is -2.09. The summed E-state index contributed by atoms with van der Waals surface area (Å²) < 4.78 is 5.81. The van der Waals surface area contributed by atoms with Crippen LogP contribution in [-0.2, 0) is 4.79 Å². The monoisotopic (exact) mass is 347 g/mol. The molecule has 1 N–H and O–H groups in total. The molecule has 0 aliphatic carbocycles. The number of carbonyl (C=O) groups excluding carboxylic acids is 1. The van der Waals surface area contributed by atoms with Crippen molar-refractivity contribution >= 4 is 11.6 Å². The molecule has 0 fully saturated rings. The molecular formula is C22H37NO2. The van der Waals surface area contributed by atoms with Crippen LogP contribution in [0.25, 0.3) is 0 Å². The average molecular weight is 348 g/mol. The van der Waals surface area contributed by atoms with Gasteiger partial charge in [-0.3, -0.25) is 4.79 Å². The number of hydrogen-bond donors (Lipinski definition) is 1. The zero-order valence-corrected chi connectivity index (χ0v) is 16.3. The smallest absolute Gasteiger partial charge is 0.224 e. The van der Waals surface area contributed by atoms with E-state index in [2.05, 4.69) is 12.2 Å². The molecule has 3 heteroatoms. The molecule has 0 aliphatic heterocycles. The molecule has 25 heavy (non-hydrogen) atoms. The lowest BCUT2D eigenvalue weighted by atomic mass is 10.1. The zero-order chi connectivity index (χ0) is 18.2. The van der Waals surface area contributed by atoms with Crippen LogP contribution in [0.2, 0.25) is 0 Å². The van der Waals surface area contributed by atoms with Crippen molar-refractivity contribution in [2.75, 3.05) is 11.9 Å². The van der Waals surface area contributed by atoms with Gasteiger partial charge in [0.05, 0.1) is 6.61 Å². The highest BCUT2D eigenvalue weighted by Crippen LogP contribution is 2.18. The average Bonchev–Trinajstić information content (AvgIpc) is 2.60. The third-order valence-corrected chi connectivity index (χ3v) is 4.36. The normalized spacial score (nSPS) is 10.6. The SMILES string of the molecule is CCCCCCCCCCCCOc1cccc(NC(=O)CCC)c1. The van der Waals surface area contributed by atoms with Gasteiger partial charge in [0.1, 0.15) is 5.75 Å². The van der Waals surface area contributed by atoms with Gasteiger partial charge in [-0.25, -0.2) is 0 Å². The second kappa shape index (κ2) is 14.8. The molecule has 0 saturated carbocycles. The Labute approximate surface area is 154 Å². The molecular weight excluding hydrogens is 310 g/mol. The molecule has 0 unspecified atom stereocenters. The Morgan fingerprint density at radius 1 is 0.880 bits per heavy atom. The predicted molar refractivity (Wildman–Crippen MR) is 107 cm³/mol. The van der Waals surface area contributed by atoms with Gasteiger partial charge in [0, 0.05) is 18.2 Å². The van der Waals surface area contributed by atoms with Gasteiger partial charge in [0.25, 0.3) is 0 Å². The van der Waals surface area contributed by atoms with E-state index in [1.807, 2.05) is 31.2 Å². The standard InChI is InChI=1S/C22H37NO2/c1-3-5-6-7-8-9-10-11-12-13-18-25-21-17-14-16-20(19-21)23-22(24)15-4-2/h14,16-17,19H,3-13,15,18H2,1-2H3,(H,23,24). The third-order valence-electron chi connectivity index (χ3n) is 4.36. The first-order chi connectivity index (χ1) is 12.3. The quantitative estimate of drug-likeness (QED) is 0.357. The molecule has 1 rings (SSSR count). The lowest BCUT2D eigenvalue weighted by Crippen LogP contribution is -2.10. The summed E-state index contributed by atoms with van der Waals surface area (Å²) >= 11 is 0. The summed E-state index contributed by atoms with van der Waals surface area (Å²) in [5.74, 6) is 0.902. The Morgan fingerprint density at radius 3 is 2.16 bits per heavy atom. The maximum absolute atomic E-state index is 11.6. The summed E-state index contributed by atoms with van der Waals surface area (Å²) in [5.41, 5.74) is 0.819. The number of ether oxygens (including phenoxy) is 1. The number of amides is 1. The fourth-order valence-corrected chi connectivity index (χ4v) is 2.89. The fraction of sp³-hybridized carbons (Fsp3) is 0.682. The number of benzene rings is 1. The van der Waals surface area contributed by atoms with E-state index in [1.54, 1.807) is 0 Å². The van der Waals surface area contributed by atoms with Gasteiger partial charge in [-0.2, -0.15) is 0 Å². The van der Waals surface area contributed by atoms with E-state index >= 15 is 0 Å². The number of unbranched alkanes of at least 4 members (excludes halogenated alkanes) is 9. The second-order valence-corrected chi connectivity index (χ2v) is 6.86. The summed E-state index contributed by atoms with van der Waals surface area (Å²) in [5, 5.41) is 2.91. The van der Waals surface area contributed by atoms with Crippen molar-refractivity contribution in [2.24, 2.45) is 0 Å². The minimum absolute atomic E-state index is 0.0642. The van der Waals surface area contributed by atoms with E-state index in [0.29, 0.717) is 6.42 Å². The number of carbonyl (C=O) groups is 1. The maximum Gasteiger partial charge on any atom is 0.224 e. The summed E-state index contributed by atoms with van der Waals surface area (Å²) in [7, 11) is 0. The Bertz CT molecular complexity index is 459. The molecule has 0 saturated heterocycles. The van der Waals surface area contributed by atoms with Crippen molar-refractivity contribution in [1.82, 2.24) is 0 Å². The Morgan fingerprint density at radius 2 is 1.52 bits per heavy atom. The minimum Gasteiger partial charge on any atom is -0.494 e. The van der Waals surface area contributed by atoms with Crippen molar-refractivity contribution in [3.8, 4) is 5.75 Å². The van der Waals surface area contributed by atoms with Crippen molar-refractivity contribution < 1.29 is 9.53 Å². The summed E-state index contributed by atoms with van der Waals surface area (Å²) in [6, 6.07) is 7.69. The molecule has 0 spiro atoms. The molecule has 0 aliphatic rings. The van der Waals surface area contributed by atoms with E-state index in [-0.39, 0.29) is 5.91 Å². The van der Waals surface area contributed by atoms with Crippen LogP contribution in [0.15, 0.2) is 24.3 Å². The van der Waals surface area contributed by atoms with Crippen LogP contribution >= 0.6 is 0 Å². The molecule has 0 atom stereocenters. The van der Waals surface area contributed by atoms with Crippen LogP contribution in [0.4, 0.5) is 5.69 Å². The fourth-order valence-electron chi connectivity index (χ4n) is 2.89. The van der Waals surface area contributed by atoms with Crippen LogP contribution in [0, 0.1) is 0 Å². The van der Waals surface area contributed by atoms with Crippen molar-refractivity contribution in [3.63, 3.8) is 0 Å². The largest absolute Gasteiger partial charge is 0.494 e. The number of rotatable bonds is 15. The first-order valence-corrected chi connectivity index (χ1v) is 10.3. The van der Waals surface area contributed by atoms with E-state index < -0.39 is 0 Å². The summed E-state index contributed by atoms with van der Waals surface area (Å²) in [6.45, 7) is 5.02. The van der Waals surface area contributed by atoms with Crippen LogP contribution in [0.1, 0.15) is 90.9 Å². The molecule has 1 aromatic rings. The van der Waals surface area contributed by atoms with Gasteiger partial charge in [-0.05, 0) is 25.0 Å². The molecule has 0 heterocycles. The second-order valence-electron chi connectivity index (χ2n) is 6.86. The van der Waals surface area contributed by atoms with Crippen LogP contribution in [0.3, 0.4) is 0 Å². The first kappa shape index (κ1) is 21.5. The van der Waals surface area contributed by atoms with Gasteiger partial charge < -0.3 is 10.1 Å². The molecule has 3 nitrogen and oxygen atoms in total. The van der Waals surface area contributed by atoms with Crippen molar-refractivity contribution in [3.05, 3.63) is 24.3 Å². The van der Waals surface area contributed by atoms with Gasteiger partial charge in [0.2, 0.25) is 5.91 Å². The van der Waals surface area contributed by atoms with Crippen molar-refractivity contribution in [1.29, 1.82) is 0 Å². The van der Waals surface area contributed by atoms with Crippen LogP contribution < -0.4 is 10.1 Å². The number of hydrogen-bond acceptors (Lipinski definition) is 2.